The summed E-state index contributed by atoms with van der Waals surface area (Å²) >= 11 is 0. The minimum absolute atomic E-state index is 0.0825. The van der Waals surface area contributed by atoms with E-state index in [9.17, 15) is 14.0 Å². The van der Waals surface area contributed by atoms with Gasteiger partial charge in [-0.1, -0.05) is 19.1 Å². The maximum Gasteiger partial charge on any atom is 0.222 e. The molecule has 1 aliphatic rings. The fraction of sp³-hybridized carbons (Fsp3) is 0.556. The molecule has 23 heavy (non-hydrogen) atoms. The molecule has 0 radical (unpaired) electrons. The maximum absolute atomic E-state index is 13.1. The van der Waals surface area contributed by atoms with Crippen molar-refractivity contribution in [3.63, 3.8) is 0 Å². The minimum atomic E-state index is -0.269. The molecule has 5 heteroatoms. The van der Waals surface area contributed by atoms with Gasteiger partial charge in [-0.15, -0.1) is 0 Å². The Balaban J connectivity index is 1.82. The molecule has 2 rings (SSSR count). The van der Waals surface area contributed by atoms with Crippen molar-refractivity contribution in [2.45, 2.75) is 39.0 Å². The molecule has 1 aromatic carbocycles. The molecule has 2 amide bonds. The van der Waals surface area contributed by atoms with Crippen molar-refractivity contribution in [2.75, 3.05) is 26.2 Å². The normalized spacial score (nSPS) is 15.4. The molecule has 1 aromatic rings. The van der Waals surface area contributed by atoms with E-state index in [1.807, 2.05) is 22.8 Å². The van der Waals surface area contributed by atoms with Crippen molar-refractivity contribution in [1.29, 1.82) is 0 Å². The van der Waals surface area contributed by atoms with Crippen LogP contribution in [0, 0.1) is 5.82 Å². The molecule has 1 heterocycles. The average Bonchev–Trinajstić information content (AvgIpc) is 2.79. The Hall–Kier alpha value is -1.91. The highest BCUT2D eigenvalue weighted by molar-refractivity contribution is 5.78. The van der Waals surface area contributed by atoms with Gasteiger partial charge in [-0.3, -0.25) is 9.59 Å². The molecule has 1 aliphatic heterocycles. The smallest absolute Gasteiger partial charge is 0.222 e. The fourth-order valence-electron chi connectivity index (χ4n) is 2.89. The molecule has 0 unspecified atom stereocenters. The first-order valence-corrected chi connectivity index (χ1v) is 8.40. The van der Waals surface area contributed by atoms with E-state index in [1.54, 1.807) is 6.07 Å². The zero-order valence-corrected chi connectivity index (χ0v) is 13.8. The molecule has 126 valence electrons. The highest BCUT2D eigenvalue weighted by Gasteiger charge is 2.21. The summed E-state index contributed by atoms with van der Waals surface area (Å²) in [6.45, 7) is 4.63. The van der Waals surface area contributed by atoms with Crippen molar-refractivity contribution < 1.29 is 14.0 Å². The van der Waals surface area contributed by atoms with Gasteiger partial charge in [0.1, 0.15) is 5.82 Å². The van der Waals surface area contributed by atoms with Crippen LogP contribution in [0.5, 0.6) is 0 Å². The lowest BCUT2D eigenvalue weighted by Gasteiger charge is -2.22. The highest BCUT2D eigenvalue weighted by Crippen LogP contribution is 2.10. The maximum atomic E-state index is 13.1. The van der Waals surface area contributed by atoms with Crippen LogP contribution in [0.25, 0.3) is 0 Å². The quantitative estimate of drug-likeness (QED) is 0.837. The number of carbonyl (C=O) groups is 2. The Morgan fingerprint density at radius 3 is 2.30 bits per heavy atom. The van der Waals surface area contributed by atoms with Gasteiger partial charge in [-0.25, -0.2) is 4.39 Å². The predicted molar refractivity (Wildman–Crippen MR) is 87.4 cm³/mol. The molecule has 1 fully saturated rings. The predicted octanol–water partition coefficient (Wildman–Crippen LogP) is 2.62. The monoisotopic (exact) mass is 320 g/mol. The number of benzene rings is 1. The van der Waals surface area contributed by atoms with Gasteiger partial charge < -0.3 is 9.80 Å². The second-order valence-corrected chi connectivity index (χ2v) is 6.00. The molecule has 1 saturated heterocycles. The van der Waals surface area contributed by atoms with Crippen LogP contribution in [0.15, 0.2) is 24.3 Å². The summed E-state index contributed by atoms with van der Waals surface area (Å²) in [5, 5.41) is 0. The fourth-order valence-corrected chi connectivity index (χ4v) is 2.89. The number of halogens is 1. The molecule has 0 bridgehead atoms. The molecule has 0 atom stereocenters. The lowest BCUT2D eigenvalue weighted by Crippen LogP contribution is -2.37. The summed E-state index contributed by atoms with van der Waals surface area (Å²) in [7, 11) is 0. The molecule has 0 N–H and O–H groups in total. The van der Waals surface area contributed by atoms with Gasteiger partial charge in [-0.2, -0.15) is 0 Å². The molecule has 0 spiro atoms. The topological polar surface area (TPSA) is 40.6 Å². The van der Waals surface area contributed by atoms with Crippen LogP contribution < -0.4 is 0 Å². The van der Waals surface area contributed by atoms with E-state index >= 15 is 0 Å². The van der Waals surface area contributed by atoms with Crippen LogP contribution in [0.1, 0.15) is 38.2 Å². The Labute approximate surface area is 137 Å². The summed E-state index contributed by atoms with van der Waals surface area (Å²) in [5.74, 6) is -0.00425. The first kappa shape index (κ1) is 17.4. The van der Waals surface area contributed by atoms with Gasteiger partial charge in [0, 0.05) is 39.0 Å². The Kier molecular flexibility index (Phi) is 6.56. The molecule has 0 aromatic heterocycles. The van der Waals surface area contributed by atoms with Gasteiger partial charge in [-0.05, 0) is 37.0 Å². The summed E-state index contributed by atoms with van der Waals surface area (Å²) in [4.78, 5) is 28.0. The van der Waals surface area contributed by atoms with E-state index in [-0.39, 0.29) is 17.6 Å². The van der Waals surface area contributed by atoms with Crippen LogP contribution >= 0.6 is 0 Å². The lowest BCUT2D eigenvalue weighted by molar-refractivity contribution is -0.133. The van der Waals surface area contributed by atoms with E-state index in [1.165, 1.54) is 12.1 Å². The minimum Gasteiger partial charge on any atom is -0.341 e. The third-order valence-electron chi connectivity index (χ3n) is 4.18. The molecular weight excluding hydrogens is 295 g/mol. The molecular formula is C18H25FN2O2. The van der Waals surface area contributed by atoms with E-state index in [0.717, 1.165) is 24.9 Å². The second kappa shape index (κ2) is 8.65. The van der Waals surface area contributed by atoms with Crippen LogP contribution in [-0.2, 0) is 16.0 Å². The number of carbonyl (C=O) groups excluding carboxylic acids is 2. The van der Waals surface area contributed by atoms with Gasteiger partial charge >= 0.3 is 0 Å². The number of nitrogens with zero attached hydrogens (tertiary/aromatic N) is 2. The standard InChI is InChI=1S/C18H25FN2O2/c1-2-5-17(22)20-10-4-11-21(13-12-20)18(23)9-8-15-6-3-7-16(19)14-15/h3,6-7,14H,2,4-5,8-13H2,1H3. The third kappa shape index (κ3) is 5.34. The van der Waals surface area contributed by atoms with Crippen molar-refractivity contribution in [2.24, 2.45) is 0 Å². The average molecular weight is 320 g/mol. The van der Waals surface area contributed by atoms with E-state index in [4.69, 9.17) is 0 Å². The van der Waals surface area contributed by atoms with Crippen LogP contribution in [0.3, 0.4) is 0 Å². The van der Waals surface area contributed by atoms with Crippen LogP contribution in [0.4, 0.5) is 4.39 Å². The first-order chi connectivity index (χ1) is 11.1. The van der Waals surface area contributed by atoms with E-state index in [2.05, 4.69) is 0 Å². The number of hydrogen-bond acceptors (Lipinski definition) is 2. The summed E-state index contributed by atoms with van der Waals surface area (Å²) < 4.78 is 13.1. The lowest BCUT2D eigenvalue weighted by atomic mass is 10.1. The largest absolute Gasteiger partial charge is 0.341 e. The number of rotatable bonds is 5. The van der Waals surface area contributed by atoms with E-state index in [0.29, 0.717) is 38.9 Å². The van der Waals surface area contributed by atoms with Crippen molar-refractivity contribution in [1.82, 2.24) is 9.80 Å². The number of amides is 2. The van der Waals surface area contributed by atoms with Gasteiger partial charge in [0.15, 0.2) is 0 Å². The van der Waals surface area contributed by atoms with Crippen molar-refractivity contribution >= 4 is 11.8 Å². The number of aryl methyl sites for hydroxylation is 1. The van der Waals surface area contributed by atoms with Gasteiger partial charge in [0.05, 0.1) is 0 Å². The Morgan fingerprint density at radius 1 is 1.04 bits per heavy atom. The second-order valence-electron chi connectivity index (χ2n) is 6.00. The highest BCUT2D eigenvalue weighted by atomic mass is 19.1. The van der Waals surface area contributed by atoms with Crippen LogP contribution in [-0.4, -0.2) is 47.8 Å². The van der Waals surface area contributed by atoms with Crippen molar-refractivity contribution in [3.05, 3.63) is 35.6 Å². The summed E-state index contributed by atoms with van der Waals surface area (Å²) in [6.07, 6.45) is 3.18. The molecule has 0 saturated carbocycles. The Morgan fingerprint density at radius 2 is 1.70 bits per heavy atom. The Bertz CT molecular complexity index is 548. The van der Waals surface area contributed by atoms with Crippen LogP contribution in [0.2, 0.25) is 0 Å². The zero-order valence-electron chi connectivity index (χ0n) is 13.8. The number of hydrogen-bond donors (Lipinski definition) is 0. The van der Waals surface area contributed by atoms with E-state index < -0.39 is 0 Å². The molecule has 4 nitrogen and oxygen atoms in total. The van der Waals surface area contributed by atoms with Gasteiger partial charge in [0.25, 0.3) is 0 Å². The third-order valence-corrected chi connectivity index (χ3v) is 4.18. The SMILES string of the molecule is CCCC(=O)N1CCCN(C(=O)CCc2cccc(F)c2)CC1. The summed E-state index contributed by atoms with van der Waals surface area (Å²) in [6, 6.07) is 6.38. The first-order valence-electron chi connectivity index (χ1n) is 8.40. The zero-order chi connectivity index (χ0) is 16.7. The van der Waals surface area contributed by atoms with Crippen molar-refractivity contribution in [3.8, 4) is 0 Å². The summed E-state index contributed by atoms with van der Waals surface area (Å²) in [5.41, 5.74) is 0.841. The molecule has 0 aliphatic carbocycles. The van der Waals surface area contributed by atoms with Gasteiger partial charge in [0.2, 0.25) is 11.8 Å².